The van der Waals surface area contributed by atoms with Crippen LogP contribution in [0.3, 0.4) is 0 Å². The van der Waals surface area contributed by atoms with Gasteiger partial charge in [-0.2, -0.15) is 0 Å². The number of nitrogens with two attached hydrogens (primary N) is 1. The molecule has 0 fully saturated rings. The normalized spacial score (nSPS) is 12.4. The van der Waals surface area contributed by atoms with Crippen LogP contribution >= 0.6 is 11.6 Å². The minimum atomic E-state index is -0.643. The van der Waals surface area contributed by atoms with Crippen molar-refractivity contribution in [2.75, 3.05) is 0 Å². The monoisotopic (exact) mass is 299 g/mol. The van der Waals surface area contributed by atoms with Gasteiger partial charge in [-0.25, -0.2) is 13.2 Å². The maximum atomic E-state index is 13.3. The van der Waals surface area contributed by atoms with Gasteiger partial charge in [-0.15, -0.1) is 0 Å². The Morgan fingerprint density at radius 1 is 1.00 bits per heavy atom. The van der Waals surface area contributed by atoms with Gasteiger partial charge in [0.2, 0.25) is 0 Å². The van der Waals surface area contributed by atoms with E-state index in [1.807, 2.05) is 0 Å². The summed E-state index contributed by atoms with van der Waals surface area (Å²) < 4.78 is 39.4. The van der Waals surface area contributed by atoms with Crippen molar-refractivity contribution in [2.24, 2.45) is 5.73 Å². The second kappa shape index (κ2) is 6.29. The summed E-state index contributed by atoms with van der Waals surface area (Å²) in [6, 6.07) is 7.35. The van der Waals surface area contributed by atoms with Gasteiger partial charge in [0.05, 0.1) is 5.02 Å². The average molecular weight is 300 g/mol. The van der Waals surface area contributed by atoms with Crippen LogP contribution in [0, 0.1) is 17.5 Å². The molecular weight excluding hydrogens is 287 g/mol. The van der Waals surface area contributed by atoms with E-state index in [0.29, 0.717) is 17.5 Å². The predicted molar refractivity (Wildman–Crippen MR) is 73.2 cm³/mol. The molecule has 0 radical (unpaired) electrons. The Hall–Kier alpha value is -1.52. The van der Waals surface area contributed by atoms with Crippen LogP contribution in [0.25, 0.3) is 0 Å². The highest BCUT2D eigenvalue weighted by Gasteiger charge is 2.12. The van der Waals surface area contributed by atoms with E-state index in [9.17, 15) is 13.2 Å². The molecule has 20 heavy (non-hydrogen) atoms. The Balaban J connectivity index is 2.09. The third kappa shape index (κ3) is 3.74. The van der Waals surface area contributed by atoms with Crippen LogP contribution in [0.4, 0.5) is 13.2 Å². The third-order valence-corrected chi connectivity index (χ3v) is 3.36. The van der Waals surface area contributed by atoms with Crippen LogP contribution in [0.5, 0.6) is 0 Å². The molecule has 0 aromatic heterocycles. The third-order valence-electron chi connectivity index (χ3n) is 2.93. The first-order valence-corrected chi connectivity index (χ1v) is 6.47. The molecule has 1 unspecified atom stereocenters. The first kappa shape index (κ1) is 14.9. The molecule has 5 heteroatoms. The van der Waals surface area contributed by atoms with Gasteiger partial charge >= 0.3 is 0 Å². The van der Waals surface area contributed by atoms with E-state index in [-0.39, 0.29) is 11.4 Å². The van der Waals surface area contributed by atoms with Crippen molar-refractivity contribution in [3.8, 4) is 0 Å². The average Bonchev–Trinajstić information content (AvgIpc) is 2.33. The summed E-state index contributed by atoms with van der Waals surface area (Å²) in [4.78, 5) is 0. The number of benzene rings is 2. The highest BCUT2D eigenvalue weighted by atomic mass is 35.5. The second-order valence-corrected chi connectivity index (χ2v) is 5.04. The van der Waals surface area contributed by atoms with E-state index >= 15 is 0 Å². The van der Waals surface area contributed by atoms with Crippen LogP contribution in [-0.4, -0.2) is 6.04 Å². The molecule has 2 N–H and O–H groups in total. The van der Waals surface area contributed by atoms with Crippen LogP contribution in [-0.2, 0) is 12.8 Å². The summed E-state index contributed by atoms with van der Waals surface area (Å²) in [6.07, 6.45) is 0.607. The standard InChI is InChI=1S/C15H13ClF3N/c16-15-10(2-1-3-14(15)19)7-13(20)6-9-4-11(17)8-12(18)5-9/h1-5,8,13H,6-7,20H2. The Morgan fingerprint density at radius 2 is 1.65 bits per heavy atom. The smallest absolute Gasteiger partial charge is 0.142 e. The number of halogens is 4. The quantitative estimate of drug-likeness (QED) is 0.911. The molecule has 0 aliphatic rings. The number of rotatable bonds is 4. The molecule has 0 saturated heterocycles. The molecule has 1 atom stereocenters. The van der Waals surface area contributed by atoms with E-state index in [1.54, 1.807) is 12.1 Å². The fraction of sp³-hybridized carbons (Fsp3) is 0.200. The van der Waals surface area contributed by atoms with Gasteiger partial charge in [0.25, 0.3) is 0 Å². The Kier molecular flexibility index (Phi) is 4.68. The highest BCUT2D eigenvalue weighted by molar-refractivity contribution is 6.31. The second-order valence-electron chi connectivity index (χ2n) is 4.66. The summed E-state index contributed by atoms with van der Waals surface area (Å²) in [5, 5.41) is 0.0355. The summed E-state index contributed by atoms with van der Waals surface area (Å²) in [5.41, 5.74) is 6.97. The minimum absolute atomic E-state index is 0.0355. The Bertz CT molecular complexity index is 596. The van der Waals surface area contributed by atoms with Gasteiger partial charge < -0.3 is 5.73 Å². The largest absolute Gasteiger partial charge is 0.327 e. The van der Waals surface area contributed by atoms with Gasteiger partial charge in [0.15, 0.2) is 0 Å². The lowest BCUT2D eigenvalue weighted by molar-refractivity contribution is 0.574. The van der Waals surface area contributed by atoms with Crippen LogP contribution < -0.4 is 5.73 Å². The topological polar surface area (TPSA) is 26.0 Å². The summed E-state index contributed by atoms with van der Waals surface area (Å²) in [7, 11) is 0. The fourth-order valence-electron chi connectivity index (χ4n) is 2.09. The summed E-state index contributed by atoms with van der Waals surface area (Å²) in [6.45, 7) is 0. The van der Waals surface area contributed by atoms with Crippen molar-refractivity contribution < 1.29 is 13.2 Å². The summed E-state index contributed by atoms with van der Waals surface area (Å²) in [5.74, 6) is -1.79. The molecule has 0 saturated carbocycles. The molecule has 0 bridgehead atoms. The predicted octanol–water partition coefficient (Wildman–Crippen LogP) is 3.87. The van der Waals surface area contributed by atoms with E-state index in [4.69, 9.17) is 17.3 Å². The maximum Gasteiger partial charge on any atom is 0.142 e. The number of hydrogen-bond donors (Lipinski definition) is 1. The van der Waals surface area contributed by atoms with Gasteiger partial charge in [0, 0.05) is 12.1 Å². The molecule has 2 aromatic rings. The number of hydrogen-bond acceptors (Lipinski definition) is 1. The molecular formula is C15H13ClF3N. The van der Waals surface area contributed by atoms with Gasteiger partial charge in [-0.3, -0.25) is 0 Å². The first-order chi connectivity index (χ1) is 9.45. The molecule has 1 nitrogen and oxygen atoms in total. The first-order valence-electron chi connectivity index (χ1n) is 6.09. The zero-order chi connectivity index (χ0) is 14.7. The molecule has 0 aliphatic carbocycles. The molecule has 0 heterocycles. The molecule has 106 valence electrons. The lowest BCUT2D eigenvalue weighted by Gasteiger charge is -2.13. The van der Waals surface area contributed by atoms with Crippen LogP contribution in [0.15, 0.2) is 36.4 Å². The van der Waals surface area contributed by atoms with Crippen molar-refractivity contribution >= 4 is 11.6 Å². The van der Waals surface area contributed by atoms with E-state index in [2.05, 4.69) is 0 Å². The van der Waals surface area contributed by atoms with Crippen LogP contribution in [0.2, 0.25) is 5.02 Å². The fourth-order valence-corrected chi connectivity index (χ4v) is 2.30. The zero-order valence-electron chi connectivity index (χ0n) is 10.5. The molecule has 0 aliphatic heterocycles. The van der Waals surface area contributed by atoms with Gasteiger partial charge in [-0.1, -0.05) is 23.7 Å². The van der Waals surface area contributed by atoms with E-state index < -0.39 is 23.5 Å². The van der Waals surface area contributed by atoms with Crippen molar-refractivity contribution in [1.29, 1.82) is 0 Å². The molecule has 0 spiro atoms. The van der Waals surface area contributed by atoms with Crippen molar-refractivity contribution in [2.45, 2.75) is 18.9 Å². The lowest BCUT2D eigenvalue weighted by atomic mass is 9.99. The Morgan fingerprint density at radius 3 is 2.30 bits per heavy atom. The van der Waals surface area contributed by atoms with E-state index in [0.717, 1.165) is 6.07 Å². The van der Waals surface area contributed by atoms with E-state index in [1.165, 1.54) is 18.2 Å². The summed E-state index contributed by atoms with van der Waals surface area (Å²) >= 11 is 5.84. The molecule has 2 rings (SSSR count). The molecule has 0 amide bonds. The lowest BCUT2D eigenvalue weighted by Crippen LogP contribution is -2.25. The van der Waals surface area contributed by atoms with Crippen LogP contribution in [0.1, 0.15) is 11.1 Å². The maximum absolute atomic E-state index is 13.3. The molecule has 2 aromatic carbocycles. The van der Waals surface area contributed by atoms with Crippen molar-refractivity contribution in [1.82, 2.24) is 0 Å². The van der Waals surface area contributed by atoms with Gasteiger partial charge in [-0.05, 0) is 42.2 Å². The Labute approximate surface area is 120 Å². The van der Waals surface area contributed by atoms with Gasteiger partial charge in [0.1, 0.15) is 17.5 Å². The highest BCUT2D eigenvalue weighted by Crippen LogP contribution is 2.21. The van der Waals surface area contributed by atoms with Crippen molar-refractivity contribution in [3.63, 3.8) is 0 Å². The zero-order valence-corrected chi connectivity index (χ0v) is 11.3. The minimum Gasteiger partial charge on any atom is -0.327 e. The SMILES string of the molecule is NC(Cc1cc(F)cc(F)c1)Cc1cccc(F)c1Cl. The van der Waals surface area contributed by atoms with Crippen molar-refractivity contribution in [3.05, 3.63) is 70.0 Å².